The maximum absolute atomic E-state index is 13.3. The molecule has 1 aromatic carbocycles. The zero-order valence-electron chi connectivity index (χ0n) is 18.8. The number of amides is 1. The van der Waals surface area contributed by atoms with Crippen molar-refractivity contribution < 1.29 is 18.0 Å². The van der Waals surface area contributed by atoms with Crippen molar-refractivity contribution in [3.05, 3.63) is 47.8 Å². The average Bonchev–Trinajstić information content (AvgIpc) is 3.44. The molecule has 174 valence electrons. The normalized spacial score (nSPS) is 25.0. The van der Waals surface area contributed by atoms with Crippen LogP contribution in [0.3, 0.4) is 0 Å². The minimum Gasteiger partial charge on any atom is -0.338 e. The van der Waals surface area contributed by atoms with Gasteiger partial charge in [0.05, 0.1) is 23.0 Å². The van der Waals surface area contributed by atoms with Gasteiger partial charge in [-0.3, -0.25) is 9.69 Å². The van der Waals surface area contributed by atoms with Gasteiger partial charge >= 0.3 is 6.18 Å². The van der Waals surface area contributed by atoms with Crippen molar-refractivity contribution in [1.82, 2.24) is 19.6 Å². The zero-order valence-corrected chi connectivity index (χ0v) is 18.8. The Labute approximate surface area is 187 Å². The second kappa shape index (κ2) is 8.89. The molecule has 2 aliphatic rings. The van der Waals surface area contributed by atoms with Crippen LogP contribution in [0.5, 0.6) is 0 Å². The molecule has 1 aromatic heterocycles. The first-order valence-electron chi connectivity index (χ1n) is 11.4. The van der Waals surface area contributed by atoms with E-state index < -0.39 is 11.7 Å². The van der Waals surface area contributed by atoms with Crippen molar-refractivity contribution >= 4 is 5.91 Å². The summed E-state index contributed by atoms with van der Waals surface area (Å²) >= 11 is 0. The number of carbonyl (C=O) groups is 1. The van der Waals surface area contributed by atoms with Gasteiger partial charge in [0.25, 0.3) is 5.91 Å². The van der Waals surface area contributed by atoms with Crippen LogP contribution in [0, 0.1) is 17.8 Å². The number of nitrogens with zero attached hydrogens (tertiary/aromatic N) is 4. The van der Waals surface area contributed by atoms with E-state index in [4.69, 9.17) is 0 Å². The lowest BCUT2D eigenvalue weighted by Crippen LogP contribution is -2.57. The highest BCUT2D eigenvalue weighted by Crippen LogP contribution is 2.34. The second-order valence-electron chi connectivity index (χ2n) is 9.55. The van der Waals surface area contributed by atoms with Gasteiger partial charge in [-0.15, -0.1) is 0 Å². The maximum atomic E-state index is 13.3. The van der Waals surface area contributed by atoms with E-state index in [1.54, 1.807) is 6.07 Å². The first-order chi connectivity index (χ1) is 15.1. The molecule has 3 unspecified atom stereocenters. The molecule has 0 aliphatic carbocycles. The predicted octanol–water partition coefficient (Wildman–Crippen LogP) is 4.72. The Morgan fingerprint density at radius 2 is 1.88 bits per heavy atom. The topological polar surface area (TPSA) is 41.4 Å². The molecule has 0 radical (unpaired) electrons. The standard InChI is InChI=1S/C24H31F3N4O/c1-16(2)21-15-30(13-17(3)22(21)29-9-4-5-10-29)23(32)18-12-28-31(14-18)20-8-6-7-19(11-20)24(25,26)27/h6-8,11-12,14,16-17,21-22H,4-5,9-10,13,15H2,1-3H3. The predicted molar refractivity (Wildman–Crippen MR) is 117 cm³/mol. The molecule has 5 nitrogen and oxygen atoms in total. The Morgan fingerprint density at radius 3 is 2.53 bits per heavy atom. The van der Waals surface area contributed by atoms with Gasteiger partial charge in [-0.05, 0) is 61.9 Å². The van der Waals surface area contributed by atoms with E-state index in [0.29, 0.717) is 42.4 Å². The van der Waals surface area contributed by atoms with Crippen LogP contribution in [0.4, 0.5) is 13.2 Å². The van der Waals surface area contributed by atoms with Crippen molar-refractivity contribution in [2.24, 2.45) is 17.8 Å². The Bertz CT molecular complexity index is 949. The molecule has 1 amide bonds. The highest BCUT2D eigenvalue weighted by Gasteiger charge is 2.41. The van der Waals surface area contributed by atoms with Gasteiger partial charge in [0, 0.05) is 25.3 Å². The van der Waals surface area contributed by atoms with E-state index in [1.807, 2.05) is 4.90 Å². The number of piperidine rings is 1. The van der Waals surface area contributed by atoms with Gasteiger partial charge in [0.15, 0.2) is 0 Å². The van der Waals surface area contributed by atoms with E-state index in [1.165, 1.54) is 36.0 Å². The van der Waals surface area contributed by atoms with Gasteiger partial charge in [-0.25, -0.2) is 4.68 Å². The quantitative estimate of drug-likeness (QED) is 0.680. The summed E-state index contributed by atoms with van der Waals surface area (Å²) in [7, 11) is 0. The van der Waals surface area contributed by atoms with Gasteiger partial charge in [-0.1, -0.05) is 26.8 Å². The van der Waals surface area contributed by atoms with Crippen LogP contribution in [0.2, 0.25) is 0 Å². The molecule has 3 atom stereocenters. The SMILES string of the molecule is CC(C)C1CN(C(=O)c2cnn(-c3cccc(C(F)(F)F)c3)c2)CC(C)C1N1CCCC1. The van der Waals surface area contributed by atoms with Gasteiger partial charge in [0.2, 0.25) is 0 Å². The summed E-state index contributed by atoms with van der Waals surface area (Å²) < 4.78 is 40.5. The summed E-state index contributed by atoms with van der Waals surface area (Å²) in [6, 6.07) is 5.44. The van der Waals surface area contributed by atoms with Crippen LogP contribution in [-0.2, 0) is 6.18 Å². The molecular weight excluding hydrogens is 417 g/mol. The number of halogens is 3. The lowest BCUT2D eigenvalue weighted by atomic mass is 9.77. The van der Waals surface area contributed by atoms with Gasteiger partial charge < -0.3 is 4.90 Å². The third kappa shape index (κ3) is 4.56. The fraction of sp³-hybridized carbons (Fsp3) is 0.583. The summed E-state index contributed by atoms with van der Waals surface area (Å²) in [5.41, 5.74) is -0.0623. The van der Waals surface area contributed by atoms with Crippen LogP contribution in [0.1, 0.15) is 49.5 Å². The second-order valence-corrected chi connectivity index (χ2v) is 9.55. The number of aromatic nitrogens is 2. The number of hydrogen-bond donors (Lipinski definition) is 0. The minimum absolute atomic E-state index is 0.111. The lowest BCUT2D eigenvalue weighted by Gasteiger charge is -2.48. The molecule has 2 fully saturated rings. The lowest BCUT2D eigenvalue weighted by molar-refractivity contribution is -0.137. The largest absolute Gasteiger partial charge is 0.416 e. The number of benzene rings is 1. The molecule has 0 bridgehead atoms. The number of hydrogen-bond acceptors (Lipinski definition) is 3. The first-order valence-corrected chi connectivity index (χ1v) is 11.4. The van der Waals surface area contributed by atoms with Crippen molar-refractivity contribution in [3.63, 3.8) is 0 Å². The third-order valence-corrected chi connectivity index (χ3v) is 6.93. The molecule has 2 aliphatic heterocycles. The number of carbonyl (C=O) groups excluding carboxylic acids is 1. The summed E-state index contributed by atoms with van der Waals surface area (Å²) in [6.07, 6.45) is 1.03. The molecule has 0 saturated carbocycles. The number of likely N-dealkylation sites (tertiary alicyclic amines) is 2. The third-order valence-electron chi connectivity index (χ3n) is 6.93. The zero-order chi connectivity index (χ0) is 23.0. The molecule has 0 spiro atoms. The average molecular weight is 449 g/mol. The van der Waals surface area contributed by atoms with Crippen molar-refractivity contribution in [3.8, 4) is 5.69 Å². The molecule has 4 rings (SSSR count). The van der Waals surface area contributed by atoms with E-state index in [9.17, 15) is 18.0 Å². The highest BCUT2D eigenvalue weighted by molar-refractivity contribution is 5.94. The Balaban J connectivity index is 1.52. The molecular formula is C24H31F3N4O. The highest BCUT2D eigenvalue weighted by atomic mass is 19.4. The monoisotopic (exact) mass is 448 g/mol. The van der Waals surface area contributed by atoms with Crippen LogP contribution in [0.15, 0.2) is 36.7 Å². The molecule has 8 heteroatoms. The van der Waals surface area contributed by atoms with E-state index in [-0.39, 0.29) is 11.6 Å². The minimum atomic E-state index is -4.43. The number of rotatable bonds is 4. The molecule has 3 heterocycles. The molecule has 2 saturated heterocycles. The summed E-state index contributed by atoms with van der Waals surface area (Å²) in [4.78, 5) is 17.8. The van der Waals surface area contributed by atoms with Crippen LogP contribution in [0.25, 0.3) is 5.69 Å². The van der Waals surface area contributed by atoms with E-state index in [2.05, 4.69) is 30.8 Å². The Hall–Kier alpha value is -2.35. The number of alkyl halides is 3. The van der Waals surface area contributed by atoms with Crippen LogP contribution in [-0.4, -0.2) is 57.7 Å². The Kier molecular flexibility index (Phi) is 6.34. The summed E-state index contributed by atoms with van der Waals surface area (Å²) in [5.74, 6) is 1.09. The maximum Gasteiger partial charge on any atom is 0.416 e. The Morgan fingerprint density at radius 1 is 1.16 bits per heavy atom. The molecule has 32 heavy (non-hydrogen) atoms. The van der Waals surface area contributed by atoms with E-state index >= 15 is 0 Å². The molecule has 2 aromatic rings. The smallest absolute Gasteiger partial charge is 0.338 e. The summed E-state index contributed by atoms with van der Waals surface area (Å²) in [5, 5.41) is 4.17. The first kappa shape index (κ1) is 22.8. The van der Waals surface area contributed by atoms with Crippen molar-refractivity contribution in [2.45, 2.75) is 45.8 Å². The van der Waals surface area contributed by atoms with Gasteiger partial charge in [-0.2, -0.15) is 18.3 Å². The van der Waals surface area contributed by atoms with Crippen molar-refractivity contribution in [1.29, 1.82) is 0 Å². The van der Waals surface area contributed by atoms with Crippen LogP contribution >= 0.6 is 0 Å². The fourth-order valence-electron chi connectivity index (χ4n) is 5.34. The summed E-state index contributed by atoms with van der Waals surface area (Å²) in [6.45, 7) is 10.3. The van der Waals surface area contributed by atoms with E-state index in [0.717, 1.165) is 25.2 Å². The van der Waals surface area contributed by atoms with Crippen LogP contribution < -0.4 is 0 Å². The fourth-order valence-corrected chi connectivity index (χ4v) is 5.34. The molecule has 0 N–H and O–H groups in total. The van der Waals surface area contributed by atoms with Gasteiger partial charge in [0.1, 0.15) is 0 Å². The van der Waals surface area contributed by atoms with Crippen molar-refractivity contribution in [2.75, 3.05) is 26.2 Å².